The van der Waals surface area contributed by atoms with E-state index >= 15 is 0 Å². The molecule has 0 radical (unpaired) electrons. The smallest absolute Gasteiger partial charge is 0.255 e. The molecule has 0 fully saturated rings. The second kappa shape index (κ2) is 6.12. The Morgan fingerprint density at radius 2 is 2.00 bits per heavy atom. The number of hydrogen-bond donors (Lipinski definition) is 1. The lowest BCUT2D eigenvalue weighted by atomic mass is 10.1. The van der Waals surface area contributed by atoms with Gasteiger partial charge in [-0.25, -0.2) is 0 Å². The summed E-state index contributed by atoms with van der Waals surface area (Å²) in [7, 11) is 1.74. The number of hydrogen-bond acceptors (Lipinski definition) is 2. The molecular formula is C12H16Cl2N2O. The van der Waals surface area contributed by atoms with E-state index in [4.69, 9.17) is 23.2 Å². The Hall–Kier alpha value is -0.930. The van der Waals surface area contributed by atoms with Crippen LogP contribution >= 0.6 is 23.2 Å². The van der Waals surface area contributed by atoms with Gasteiger partial charge in [0, 0.05) is 25.2 Å². The maximum absolute atomic E-state index is 12.1. The van der Waals surface area contributed by atoms with Crippen LogP contribution in [0, 0.1) is 0 Å². The van der Waals surface area contributed by atoms with Crippen molar-refractivity contribution in [1.82, 2.24) is 4.90 Å². The Balaban J connectivity index is 3.24. The van der Waals surface area contributed by atoms with Crippen molar-refractivity contribution in [2.75, 3.05) is 25.5 Å². The number of halogens is 2. The van der Waals surface area contributed by atoms with Crippen LogP contribution in [0.1, 0.15) is 24.2 Å². The van der Waals surface area contributed by atoms with E-state index in [0.717, 1.165) is 0 Å². The Kier molecular flexibility index (Phi) is 5.09. The molecule has 0 atom stereocenters. The molecular weight excluding hydrogens is 259 g/mol. The third kappa shape index (κ3) is 3.27. The fourth-order valence-electron chi connectivity index (χ4n) is 1.45. The molecule has 0 aliphatic rings. The normalized spacial score (nSPS) is 10.2. The number of carbonyl (C=O) groups is 1. The first-order valence-corrected chi connectivity index (χ1v) is 6.25. The lowest BCUT2D eigenvalue weighted by Gasteiger charge is -2.18. The summed E-state index contributed by atoms with van der Waals surface area (Å²) in [5.74, 6) is -0.0900. The molecule has 94 valence electrons. The van der Waals surface area contributed by atoms with Gasteiger partial charge in [-0.1, -0.05) is 23.2 Å². The van der Waals surface area contributed by atoms with Gasteiger partial charge >= 0.3 is 0 Å². The van der Waals surface area contributed by atoms with Gasteiger partial charge in [-0.3, -0.25) is 4.79 Å². The topological polar surface area (TPSA) is 32.3 Å². The summed E-state index contributed by atoms with van der Waals surface area (Å²) in [6.45, 7) is 5.19. The number of amides is 1. The minimum absolute atomic E-state index is 0.0900. The largest absolute Gasteiger partial charge is 0.383 e. The van der Waals surface area contributed by atoms with Crippen molar-refractivity contribution >= 4 is 34.8 Å². The van der Waals surface area contributed by atoms with Crippen molar-refractivity contribution in [2.24, 2.45) is 0 Å². The standard InChI is InChI=1S/C12H16Cl2N2O/c1-4-15-11-9(12(17)16(3)5-2)6-8(13)7-10(11)14/h6-7,15H,4-5H2,1-3H3. The van der Waals surface area contributed by atoms with Gasteiger partial charge in [0.25, 0.3) is 5.91 Å². The molecule has 0 bridgehead atoms. The number of rotatable bonds is 4. The quantitative estimate of drug-likeness (QED) is 0.911. The van der Waals surface area contributed by atoms with Crippen molar-refractivity contribution < 1.29 is 4.79 Å². The van der Waals surface area contributed by atoms with E-state index in [1.165, 1.54) is 0 Å². The zero-order valence-electron chi connectivity index (χ0n) is 10.2. The van der Waals surface area contributed by atoms with Crippen LogP contribution in [0.4, 0.5) is 5.69 Å². The molecule has 0 aromatic heterocycles. The third-order valence-electron chi connectivity index (χ3n) is 2.46. The summed E-state index contributed by atoms with van der Waals surface area (Å²) in [5, 5.41) is 4.02. The van der Waals surface area contributed by atoms with Gasteiger partial charge < -0.3 is 10.2 Å². The van der Waals surface area contributed by atoms with Crippen LogP contribution in [0.15, 0.2) is 12.1 Å². The van der Waals surface area contributed by atoms with Gasteiger partial charge in [0.15, 0.2) is 0 Å². The van der Waals surface area contributed by atoms with Crippen LogP contribution in [-0.2, 0) is 0 Å². The average Bonchev–Trinajstić information content (AvgIpc) is 2.30. The maximum atomic E-state index is 12.1. The molecule has 3 nitrogen and oxygen atoms in total. The van der Waals surface area contributed by atoms with Crippen molar-refractivity contribution in [2.45, 2.75) is 13.8 Å². The lowest BCUT2D eigenvalue weighted by molar-refractivity contribution is 0.0803. The fourth-order valence-corrected chi connectivity index (χ4v) is 2.01. The Bertz CT molecular complexity index is 421. The van der Waals surface area contributed by atoms with Gasteiger partial charge in [0.2, 0.25) is 0 Å². The van der Waals surface area contributed by atoms with Crippen molar-refractivity contribution in [1.29, 1.82) is 0 Å². The molecule has 0 saturated heterocycles. The van der Waals surface area contributed by atoms with E-state index in [2.05, 4.69) is 5.32 Å². The Morgan fingerprint density at radius 1 is 1.35 bits per heavy atom. The minimum Gasteiger partial charge on any atom is -0.383 e. The van der Waals surface area contributed by atoms with Crippen LogP contribution in [0.5, 0.6) is 0 Å². The van der Waals surface area contributed by atoms with E-state index in [1.807, 2.05) is 13.8 Å². The molecule has 1 aromatic rings. The zero-order valence-corrected chi connectivity index (χ0v) is 11.7. The van der Waals surface area contributed by atoms with Gasteiger partial charge in [-0.15, -0.1) is 0 Å². The van der Waals surface area contributed by atoms with Crippen molar-refractivity contribution in [3.05, 3.63) is 27.7 Å². The summed E-state index contributed by atoms with van der Waals surface area (Å²) in [6, 6.07) is 3.27. The predicted octanol–water partition coefficient (Wildman–Crippen LogP) is 3.52. The number of carbonyl (C=O) groups excluding carboxylic acids is 1. The lowest BCUT2D eigenvalue weighted by Crippen LogP contribution is -2.27. The monoisotopic (exact) mass is 274 g/mol. The summed E-state index contributed by atoms with van der Waals surface area (Å²) in [5.41, 5.74) is 1.15. The maximum Gasteiger partial charge on any atom is 0.255 e. The van der Waals surface area contributed by atoms with E-state index in [1.54, 1.807) is 24.1 Å². The molecule has 5 heteroatoms. The molecule has 0 heterocycles. The fraction of sp³-hybridized carbons (Fsp3) is 0.417. The third-order valence-corrected chi connectivity index (χ3v) is 2.98. The van der Waals surface area contributed by atoms with Gasteiger partial charge in [-0.05, 0) is 26.0 Å². The molecule has 1 amide bonds. The van der Waals surface area contributed by atoms with Crippen LogP contribution < -0.4 is 5.32 Å². The average molecular weight is 275 g/mol. The first-order chi connectivity index (χ1) is 8.01. The van der Waals surface area contributed by atoms with E-state index in [0.29, 0.717) is 34.4 Å². The molecule has 17 heavy (non-hydrogen) atoms. The molecule has 1 aromatic carbocycles. The highest BCUT2D eigenvalue weighted by atomic mass is 35.5. The second-order valence-corrected chi connectivity index (χ2v) is 4.50. The van der Waals surface area contributed by atoms with Crippen LogP contribution in [0.3, 0.4) is 0 Å². The molecule has 0 spiro atoms. The molecule has 0 saturated carbocycles. The number of nitrogens with one attached hydrogen (secondary N) is 1. The summed E-state index contributed by atoms with van der Waals surface area (Å²) >= 11 is 12.0. The van der Waals surface area contributed by atoms with Gasteiger partial charge in [-0.2, -0.15) is 0 Å². The molecule has 0 aliphatic heterocycles. The Morgan fingerprint density at radius 3 is 2.53 bits per heavy atom. The zero-order chi connectivity index (χ0) is 13.0. The van der Waals surface area contributed by atoms with Crippen LogP contribution in [-0.4, -0.2) is 30.9 Å². The van der Waals surface area contributed by atoms with Gasteiger partial charge in [0.1, 0.15) is 0 Å². The number of benzene rings is 1. The number of nitrogens with zero attached hydrogens (tertiary/aromatic N) is 1. The highest BCUT2D eigenvalue weighted by Crippen LogP contribution is 2.30. The van der Waals surface area contributed by atoms with E-state index < -0.39 is 0 Å². The molecule has 1 rings (SSSR count). The van der Waals surface area contributed by atoms with Crippen molar-refractivity contribution in [3.63, 3.8) is 0 Å². The second-order valence-electron chi connectivity index (χ2n) is 3.66. The van der Waals surface area contributed by atoms with Crippen LogP contribution in [0.25, 0.3) is 0 Å². The predicted molar refractivity (Wildman–Crippen MR) is 73.3 cm³/mol. The summed E-state index contributed by atoms with van der Waals surface area (Å²) in [6.07, 6.45) is 0. The van der Waals surface area contributed by atoms with Gasteiger partial charge in [0.05, 0.1) is 16.3 Å². The molecule has 0 aliphatic carbocycles. The highest BCUT2D eigenvalue weighted by Gasteiger charge is 2.17. The number of anilines is 1. The highest BCUT2D eigenvalue weighted by molar-refractivity contribution is 6.37. The van der Waals surface area contributed by atoms with Crippen LogP contribution in [0.2, 0.25) is 10.0 Å². The molecule has 1 N–H and O–H groups in total. The minimum atomic E-state index is -0.0900. The first kappa shape index (κ1) is 14.1. The summed E-state index contributed by atoms with van der Waals surface area (Å²) in [4.78, 5) is 13.8. The molecule has 0 unspecified atom stereocenters. The van der Waals surface area contributed by atoms with E-state index in [-0.39, 0.29) is 5.91 Å². The SMILES string of the molecule is CCNc1c(Cl)cc(Cl)cc1C(=O)N(C)CC. The Labute approximate surface area is 112 Å². The van der Waals surface area contributed by atoms with Crippen molar-refractivity contribution in [3.8, 4) is 0 Å². The summed E-state index contributed by atoms with van der Waals surface area (Å²) < 4.78 is 0. The van der Waals surface area contributed by atoms with E-state index in [9.17, 15) is 4.79 Å². The first-order valence-electron chi connectivity index (χ1n) is 5.49.